The lowest BCUT2D eigenvalue weighted by atomic mass is 10.1. The smallest absolute Gasteiger partial charge is 0.119 e. The van der Waals surface area contributed by atoms with Crippen LogP contribution < -0.4 is 4.74 Å². The van der Waals surface area contributed by atoms with E-state index >= 15 is 0 Å². The largest absolute Gasteiger partial charge is 0.497 e. The number of hydrogen-bond acceptors (Lipinski definition) is 2. The molecule has 0 saturated heterocycles. The van der Waals surface area contributed by atoms with Crippen LogP contribution in [-0.4, -0.2) is 12.2 Å². The predicted molar refractivity (Wildman–Crippen MR) is 52.8 cm³/mol. The molecule has 1 aromatic carbocycles. The lowest BCUT2D eigenvalue weighted by Gasteiger charge is -2.05. The highest BCUT2D eigenvalue weighted by molar-refractivity contribution is 5.35. The number of aliphatic hydroxyl groups excluding tert-OH is 1. The summed E-state index contributed by atoms with van der Waals surface area (Å²) in [5.74, 6) is 0.781. The van der Waals surface area contributed by atoms with Gasteiger partial charge >= 0.3 is 0 Å². The van der Waals surface area contributed by atoms with E-state index in [9.17, 15) is 0 Å². The third-order valence-corrected chi connectivity index (χ3v) is 1.82. The quantitative estimate of drug-likeness (QED) is 0.714. The molecule has 2 nitrogen and oxygen atoms in total. The Bertz CT molecular complexity index is 270. The molecule has 0 aliphatic carbocycles. The zero-order chi connectivity index (χ0) is 9.68. The van der Waals surface area contributed by atoms with Crippen LogP contribution in [0.4, 0.5) is 0 Å². The first-order valence-corrected chi connectivity index (χ1v) is 4.18. The molecule has 0 fully saturated rings. The maximum absolute atomic E-state index is 8.97. The highest BCUT2D eigenvalue weighted by Crippen LogP contribution is 2.17. The van der Waals surface area contributed by atoms with Crippen molar-refractivity contribution in [1.29, 1.82) is 0 Å². The van der Waals surface area contributed by atoms with Crippen LogP contribution in [0.25, 0.3) is 0 Å². The first kappa shape index (κ1) is 9.81. The fourth-order valence-electron chi connectivity index (χ4n) is 1.22. The number of rotatable bonds is 4. The molecule has 0 spiro atoms. The van der Waals surface area contributed by atoms with Crippen LogP contribution in [0.15, 0.2) is 30.9 Å². The van der Waals surface area contributed by atoms with Crippen molar-refractivity contribution in [2.45, 2.75) is 13.0 Å². The van der Waals surface area contributed by atoms with Gasteiger partial charge in [-0.2, -0.15) is 0 Å². The van der Waals surface area contributed by atoms with Crippen molar-refractivity contribution >= 4 is 0 Å². The summed E-state index contributed by atoms with van der Waals surface area (Å²) in [5.41, 5.74) is 1.98. The van der Waals surface area contributed by atoms with Crippen molar-refractivity contribution in [2.75, 3.05) is 7.11 Å². The number of ether oxygens (including phenoxy) is 1. The van der Waals surface area contributed by atoms with Crippen LogP contribution in [0.3, 0.4) is 0 Å². The molecule has 0 bridgehead atoms. The van der Waals surface area contributed by atoms with E-state index in [1.54, 1.807) is 7.11 Å². The van der Waals surface area contributed by atoms with E-state index < -0.39 is 0 Å². The lowest BCUT2D eigenvalue weighted by Crippen LogP contribution is -1.91. The van der Waals surface area contributed by atoms with Crippen molar-refractivity contribution in [3.63, 3.8) is 0 Å². The topological polar surface area (TPSA) is 29.5 Å². The van der Waals surface area contributed by atoms with E-state index in [2.05, 4.69) is 6.58 Å². The van der Waals surface area contributed by atoms with Gasteiger partial charge in [0.05, 0.1) is 13.7 Å². The van der Waals surface area contributed by atoms with Gasteiger partial charge in [0.15, 0.2) is 0 Å². The van der Waals surface area contributed by atoms with E-state index in [1.165, 1.54) is 0 Å². The highest BCUT2D eigenvalue weighted by atomic mass is 16.5. The van der Waals surface area contributed by atoms with Gasteiger partial charge in [-0.25, -0.2) is 0 Å². The molecular formula is C11H14O2. The maximum atomic E-state index is 8.97. The molecule has 2 heteroatoms. The Labute approximate surface area is 78.5 Å². The van der Waals surface area contributed by atoms with E-state index in [1.807, 2.05) is 24.3 Å². The average Bonchev–Trinajstić information content (AvgIpc) is 2.17. The normalized spacial score (nSPS) is 9.69. The molecule has 1 N–H and O–H groups in total. The first-order chi connectivity index (χ1) is 6.30. The minimum atomic E-state index is 0.0430. The Morgan fingerprint density at radius 3 is 2.62 bits per heavy atom. The minimum Gasteiger partial charge on any atom is -0.497 e. The molecule has 0 heterocycles. The van der Waals surface area contributed by atoms with E-state index in [4.69, 9.17) is 9.84 Å². The summed E-state index contributed by atoms with van der Waals surface area (Å²) in [6.45, 7) is 3.71. The second kappa shape index (κ2) is 4.67. The Balaban J connectivity index is 2.99. The summed E-state index contributed by atoms with van der Waals surface area (Å²) in [4.78, 5) is 0. The van der Waals surface area contributed by atoms with Gasteiger partial charge in [-0.3, -0.25) is 0 Å². The Morgan fingerprint density at radius 2 is 2.08 bits per heavy atom. The van der Waals surface area contributed by atoms with Crippen molar-refractivity contribution in [2.24, 2.45) is 0 Å². The van der Waals surface area contributed by atoms with Crippen LogP contribution in [0.1, 0.15) is 11.1 Å². The molecule has 0 aliphatic heterocycles. The molecule has 70 valence electrons. The number of methoxy groups -OCH3 is 1. The van der Waals surface area contributed by atoms with E-state index in [-0.39, 0.29) is 6.61 Å². The highest BCUT2D eigenvalue weighted by Gasteiger charge is 1.98. The van der Waals surface area contributed by atoms with E-state index in [0.29, 0.717) is 0 Å². The molecule has 13 heavy (non-hydrogen) atoms. The zero-order valence-corrected chi connectivity index (χ0v) is 7.79. The Kier molecular flexibility index (Phi) is 3.53. The Morgan fingerprint density at radius 1 is 1.38 bits per heavy atom. The molecule has 0 radical (unpaired) electrons. The van der Waals surface area contributed by atoms with Crippen molar-refractivity contribution in [3.05, 3.63) is 42.0 Å². The summed E-state index contributed by atoms with van der Waals surface area (Å²) in [5, 5.41) is 8.97. The number of aliphatic hydroxyl groups is 1. The zero-order valence-electron chi connectivity index (χ0n) is 7.79. The molecule has 0 aromatic heterocycles. The molecule has 0 unspecified atom stereocenters. The summed E-state index contributed by atoms with van der Waals surface area (Å²) in [6, 6.07) is 5.72. The summed E-state index contributed by atoms with van der Waals surface area (Å²) in [6.07, 6.45) is 2.63. The standard InChI is InChI=1S/C11H14O2/c1-3-4-9-5-10(8-12)7-11(6-9)13-2/h3,5-7,12H,1,4,8H2,2H3. The SMILES string of the molecule is C=CCc1cc(CO)cc(OC)c1. The van der Waals surface area contributed by atoms with Gasteiger partial charge in [-0.15, -0.1) is 6.58 Å². The summed E-state index contributed by atoms with van der Waals surface area (Å²) >= 11 is 0. The van der Waals surface area contributed by atoms with Gasteiger partial charge < -0.3 is 9.84 Å². The van der Waals surface area contributed by atoms with Gasteiger partial charge in [-0.1, -0.05) is 12.1 Å². The molecule has 0 saturated carbocycles. The van der Waals surface area contributed by atoms with Crippen LogP contribution >= 0.6 is 0 Å². The first-order valence-electron chi connectivity index (χ1n) is 4.18. The average molecular weight is 178 g/mol. The van der Waals surface area contributed by atoms with Crippen LogP contribution in [0.2, 0.25) is 0 Å². The van der Waals surface area contributed by atoms with E-state index in [0.717, 1.165) is 23.3 Å². The number of benzene rings is 1. The molecule has 1 aromatic rings. The third kappa shape index (κ3) is 2.60. The minimum absolute atomic E-state index is 0.0430. The molecule has 0 amide bonds. The van der Waals surface area contributed by atoms with Crippen LogP contribution in [0, 0.1) is 0 Å². The van der Waals surface area contributed by atoms with Crippen molar-refractivity contribution < 1.29 is 9.84 Å². The second-order valence-electron chi connectivity index (χ2n) is 2.84. The number of allylic oxidation sites excluding steroid dienone is 1. The Hall–Kier alpha value is -1.28. The van der Waals surface area contributed by atoms with Gasteiger partial charge in [0, 0.05) is 0 Å². The fraction of sp³-hybridized carbons (Fsp3) is 0.273. The van der Waals surface area contributed by atoms with Crippen molar-refractivity contribution in [3.8, 4) is 5.75 Å². The molecule has 0 atom stereocenters. The summed E-state index contributed by atoms with van der Waals surface area (Å²) < 4.78 is 5.10. The van der Waals surface area contributed by atoms with Gasteiger partial charge in [0.25, 0.3) is 0 Å². The van der Waals surface area contributed by atoms with Crippen LogP contribution in [-0.2, 0) is 13.0 Å². The van der Waals surface area contributed by atoms with Crippen LogP contribution in [0.5, 0.6) is 5.75 Å². The summed E-state index contributed by atoms with van der Waals surface area (Å²) in [7, 11) is 1.62. The monoisotopic (exact) mass is 178 g/mol. The second-order valence-corrected chi connectivity index (χ2v) is 2.84. The van der Waals surface area contributed by atoms with Gasteiger partial charge in [-0.05, 0) is 29.7 Å². The van der Waals surface area contributed by atoms with Gasteiger partial charge in [0.1, 0.15) is 5.75 Å². The van der Waals surface area contributed by atoms with Gasteiger partial charge in [0.2, 0.25) is 0 Å². The van der Waals surface area contributed by atoms with Crippen molar-refractivity contribution in [1.82, 2.24) is 0 Å². The predicted octanol–water partition coefficient (Wildman–Crippen LogP) is 1.92. The number of hydrogen-bond donors (Lipinski definition) is 1. The molecular weight excluding hydrogens is 164 g/mol. The maximum Gasteiger partial charge on any atom is 0.119 e. The fourth-order valence-corrected chi connectivity index (χ4v) is 1.22. The third-order valence-electron chi connectivity index (χ3n) is 1.82. The molecule has 1 rings (SSSR count). The lowest BCUT2D eigenvalue weighted by molar-refractivity contribution is 0.281. The molecule has 0 aliphatic rings.